The molecule has 0 aliphatic heterocycles. The molecule has 1 atom stereocenters. The molecule has 1 aromatic carbocycles. The fourth-order valence-electron chi connectivity index (χ4n) is 2.00. The minimum atomic E-state index is -0.533. The van der Waals surface area contributed by atoms with Gasteiger partial charge in [-0.15, -0.1) is 0 Å². The second kappa shape index (κ2) is 8.80. The fourth-order valence-corrected chi connectivity index (χ4v) is 2.29. The first-order chi connectivity index (χ1) is 11.9. The van der Waals surface area contributed by atoms with Crippen LogP contribution in [-0.4, -0.2) is 41.3 Å². The summed E-state index contributed by atoms with van der Waals surface area (Å²) in [6, 6.07) is 9.67. The molecule has 25 heavy (non-hydrogen) atoms. The van der Waals surface area contributed by atoms with E-state index in [1.54, 1.807) is 55.3 Å². The van der Waals surface area contributed by atoms with Crippen LogP contribution in [-0.2, 0) is 9.59 Å². The maximum Gasteiger partial charge on any atom is 0.242 e. The van der Waals surface area contributed by atoms with Gasteiger partial charge in [0.2, 0.25) is 11.8 Å². The Morgan fingerprint density at radius 1 is 1.16 bits per heavy atom. The van der Waals surface area contributed by atoms with Gasteiger partial charge in [-0.2, -0.15) is 0 Å². The van der Waals surface area contributed by atoms with E-state index >= 15 is 0 Å². The summed E-state index contributed by atoms with van der Waals surface area (Å²) in [5.74, 6) is -0.141. The first-order valence-electron chi connectivity index (χ1n) is 7.54. The zero-order valence-corrected chi connectivity index (χ0v) is 15.3. The van der Waals surface area contributed by atoms with Gasteiger partial charge < -0.3 is 10.6 Å². The number of likely N-dealkylation sites (N-methyl/N-ethyl adjacent to an activating group) is 1. The molecule has 0 aliphatic carbocycles. The van der Waals surface area contributed by atoms with Crippen molar-refractivity contribution in [3.63, 3.8) is 0 Å². The molecule has 0 spiro atoms. The third-order valence-electron chi connectivity index (χ3n) is 3.56. The molecule has 2 rings (SSSR count). The molecule has 0 saturated carbocycles. The number of carbonyl (C=O) groups is 2. The third-order valence-corrected chi connectivity index (χ3v) is 4.11. The van der Waals surface area contributed by atoms with E-state index in [0.29, 0.717) is 21.6 Å². The quantitative estimate of drug-likeness (QED) is 0.806. The van der Waals surface area contributed by atoms with Crippen LogP contribution in [0, 0.1) is 0 Å². The zero-order chi connectivity index (χ0) is 18.4. The SMILES string of the molecule is C[C@H](C(=O)Nc1ccc(Cl)cn1)N(C)CC(=O)Nc1ccccc1Cl. The molecule has 1 heterocycles. The van der Waals surface area contributed by atoms with Crippen LogP contribution >= 0.6 is 23.2 Å². The number of hydrogen-bond donors (Lipinski definition) is 2. The molecule has 2 N–H and O–H groups in total. The van der Waals surface area contributed by atoms with Crippen molar-refractivity contribution in [3.8, 4) is 0 Å². The first kappa shape index (κ1) is 19.2. The van der Waals surface area contributed by atoms with Gasteiger partial charge in [0.05, 0.1) is 28.3 Å². The topological polar surface area (TPSA) is 74.3 Å². The van der Waals surface area contributed by atoms with Gasteiger partial charge in [0, 0.05) is 6.20 Å². The fraction of sp³-hybridized carbons (Fsp3) is 0.235. The second-order valence-electron chi connectivity index (χ2n) is 5.47. The Morgan fingerprint density at radius 2 is 1.88 bits per heavy atom. The highest BCUT2D eigenvalue weighted by Crippen LogP contribution is 2.20. The van der Waals surface area contributed by atoms with Gasteiger partial charge in [-0.25, -0.2) is 4.98 Å². The maximum absolute atomic E-state index is 12.3. The van der Waals surface area contributed by atoms with Gasteiger partial charge in [-0.1, -0.05) is 35.3 Å². The summed E-state index contributed by atoms with van der Waals surface area (Å²) in [6.07, 6.45) is 1.45. The van der Waals surface area contributed by atoms with Gasteiger partial charge in [-0.05, 0) is 38.2 Å². The molecular formula is C17H18Cl2N4O2. The van der Waals surface area contributed by atoms with E-state index in [1.165, 1.54) is 6.20 Å². The van der Waals surface area contributed by atoms with E-state index in [9.17, 15) is 9.59 Å². The molecule has 0 aliphatic rings. The minimum Gasteiger partial charge on any atom is -0.324 e. The number of aromatic nitrogens is 1. The normalized spacial score (nSPS) is 11.9. The van der Waals surface area contributed by atoms with Gasteiger partial charge in [0.25, 0.3) is 0 Å². The van der Waals surface area contributed by atoms with E-state index in [-0.39, 0.29) is 18.4 Å². The van der Waals surface area contributed by atoms with Crippen LogP contribution in [0.3, 0.4) is 0 Å². The Kier molecular flexibility index (Phi) is 6.75. The molecule has 0 unspecified atom stereocenters. The number of nitrogens with zero attached hydrogens (tertiary/aromatic N) is 2. The number of amides is 2. The van der Waals surface area contributed by atoms with Crippen LogP contribution in [0.5, 0.6) is 0 Å². The molecule has 6 nitrogen and oxygen atoms in total. The van der Waals surface area contributed by atoms with E-state index < -0.39 is 6.04 Å². The van der Waals surface area contributed by atoms with Crippen molar-refractivity contribution in [3.05, 3.63) is 52.6 Å². The average molecular weight is 381 g/mol. The zero-order valence-electron chi connectivity index (χ0n) is 13.8. The summed E-state index contributed by atoms with van der Waals surface area (Å²) in [5.41, 5.74) is 0.532. The standard InChI is InChI=1S/C17H18Cl2N4O2/c1-11(17(25)22-15-8-7-12(18)9-20-15)23(2)10-16(24)21-14-6-4-3-5-13(14)19/h3-9,11H,10H2,1-2H3,(H,21,24)(H,20,22,25)/t11-/m1/s1. The number of hydrogen-bond acceptors (Lipinski definition) is 4. The Labute approximate surface area is 156 Å². The second-order valence-corrected chi connectivity index (χ2v) is 6.31. The summed E-state index contributed by atoms with van der Waals surface area (Å²) in [4.78, 5) is 30.0. The Hall–Kier alpha value is -2.15. The first-order valence-corrected chi connectivity index (χ1v) is 8.29. The van der Waals surface area contributed by atoms with E-state index in [2.05, 4.69) is 15.6 Å². The van der Waals surface area contributed by atoms with Crippen molar-refractivity contribution < 1.29 is 9.59 Å². The van der Waals surface area contributed by atoms with Crippen LogP contribution < -0.4 is 10.6 Å². The number of halogens is 2. The van der Waals surface area contributed by atoms with Gasteiger partial charge >= 0.3 is 0 Å². The van der Waals surface area contributed by atoms with Crippen molar-refractivity contribution >= 4 is 46.5 Å². The van der Waals surface area contributed by atoms with Crippen LogP contribution in [0.25, 0.3) is 0 Å². The maximum atomic E-state index is 12.3. The molecule has 0 saturated heterocycles. The number of carbonyl (C=O) groups excluding carboxylic acids is 2. The Morgan fingerprint density at radius 3 is 2.52 bits per heavy atom. The minimum absolute atomic E-state index is 0.0356. The predicted octanol–water partition coefficient (Wildman–Crippen LogP) is 3.29. The smallest absolute Gasteiger partial charge is 0.242 e. The molecule has 8 heteroatoms. The highest BCUT2D eigenvalue weighted by molar-refractivity contribution is 6.33. The molecule has 0 fully saturated rings. The van der Waals surface area contributed by atoms with E-state index in [1.807, 2.05) is 0 Å². The lowest BCUT2D eigenvalue weighted by Gasteiger charge is -2.23. The van der Waals surface area contributed by atoms with E-state index in [4.69, 9.17) is 23.2 Å². The summed E-state index contributed by atoms with van der Waals surface area (Å²) >= 11 is 11.8. The molecule has 0 radical (unpaired) electrons. The lowest BCUT2D eigenvalue weighted by molar-refractivity contribution is -0.122. The third kappa shape index (κ3) is 5.70. The van der Waals surface area contributed by atoms with Crippen molar-refractivity contribution in [2.45, 2.75) is 13.0 Å². The number of rotatable bonds is 6. The summed E-state index contributed by atoms with van der Waals surface area (Å²) in [6.45, 7) is 1.74. The predicted molar refractivity (Wildman–Crippen MR) is 100 cm³/mol. The van der Waals surface area contributed by atoms with Gasteiger partial charge in [0.15, 0.2) is 0 Å². The highest BCUT2D eigenvalue weighted by atomic mass is 35.5. The summed E-state index contributed by atoms with van der Waals surface area (Å²) < 4.78 is 0. The number of para-hydroxylation sites is 1. The average Bonchev–Trinajstić information content (AvgIpc) is 2.58. The van der Waals surface area contributed by atoms with Crippen LogP contribution in [0.2, 0.25) is 10.0 Å². The lowest BCUT2D eigenvalue weighted by Crippen LogP contribution is -2.43. The summed E-state index contributed by atoms with van der Waals surface area (Å²) in [5, 5.41) is 6.34. The Bertz CT molecular complexity index is 753. The van der Waals surface area contributed by atoms with Crippen molar-refractivity contribution in [1.82, 2.24) is 9.88 Å². The summed E-state index contributed by atoms with van der Waals surface area (Å²) in [7, 11) is 1.69. The number of anilines is 2. The largest absolute Gasteiger partial charge is 0.324 e. The number of pyridine rings is 1. The highest BCUT2D eigenvalue weighted by Gasteiger charge is 2.20. The van der Waals surface area contributed by atoms with Crippen LogP contribution in [0.15, 0.2) is 42.6 Å². The number of nitrogens with one attached hydrogen (secondary N) is 2. The van der Waals surface area contributed by atoms with Crippen LogP contribution in [0.4, 0.5) is 11.5 Å². The molecule has 2 amide bonds. The van der Waals surface area contributed by atoms with Crippen LogP contribution in [0.1, 0.15) is 6.92 Å². The van der Waals surface area contributed by atoms with Crippen molar-refractivity contribution in [2.75, 3.05) is 24.2 Å². The van der Waals surface area contributed by atoms with Crippen molar-refractivity contribution in [1.29, 1.82) is 0 Å². The van der Waals surface area contributed by atoms with Gasteiger partial charge in [-0.3, -0.25) is 14.5 Å². The van der Waals surface area contributed by atoms with E-state index in [0.717, 1.165) is 0 Å². The van der Waals surface area contributed by atoms with Crippen molar-refractivity contribution in [2.24, 2.45) is 0 Å². The molecule has 1 aromatic heterocycles. The number of benzene rings is 1. The lowest BCUT2D eigenvalue weighted by atomic mass is 10.2. The monoisotopic (exact) mass is 380 g/mol. The Balaban J connectivity index is 1.89. The van der Waals surface area contributed by atoms with Gasteiger partial charge in [0.1, 0.15) is 5.82 Å². The molecule has 2 aromatic rings. The molecule has 132 valence electrons. The molecular weight excluding hydrogens is 363 g/mol. The molecule has 0 bridgehead atoms.